The average molecular weight is 365 g/mol. The summed E-state index contributed by atoms with van der Waals surface area (Å²) in [5.74, 6) is -1.07. The molecule has 0 aromatic carbocycles. The minimum Gasteiger partial charge on any atom is -0.481 e. The molecule has 26 heavy (non-hydrogen) atoms. The number of likely N-dealkylation sites (tertiary alicyclic amines) is 1. The SMILES string of the molecule is COc1cc(C(=O)N2CCC3(CC2)CC(CN(C)C)OC3=O)c(F)cn1. The van der Waals surface area contributed by atoms with Gasteiger partial charge in [0.2, 0.25) is 5.88 Å². The van der Waals surface area contributed by atoms with E-state index in [2.05, 4.69) is 4.98 Å². The number of carbonyl (C=O) groups is 2. The normalized spacial score (nSPS) is 22.0. The van der Waals surface area contributed by atoms with Gasteiger partial charge < -0.3 is 19.3 Å². The summed E-state index contributed by atoms with van der Waals surface area (Å²) in [5.41, 5.74) is -0.585. The highest BCUT2D eigenvalue weighted by Crippen LogP contribution is 2.43. The van der Waals surface area contributed by atoms with Crippen LogP contribution >= 0.6 is 0 Å². The van der Waals surface area contributed by atoms with Crippen molar-refractivity contribution in [2.24, 2.45) is 5.41 Å². The van der Waals surface area contributed by atoms with Crippen LogP contribution in [0, 0.1) is 11.2 Å². The Kier molecular flexibility index (Phi) is 5.13. The predicted octanol–water partition coefficient (Wildman–Crippen LogP) is 1.33. The van der Waals surface area contributed by atoms with Gasteiger partial charge in [-0.15, -0.1) is 0 Å². The van der Waals surface area contributed by atoms with Crippen LogP contribution in [0.1, 0.15) is 29.6 Å². The van der Waals surface area contributed by atoms with Crippen molar-refractivity contribution in [3.8, 4) is 5.88 Å². The Morgan fingerprint density at radius 1 is 1.46 bits per heavy atom. The van der Waals surface area contributed by atoms with E-state index < -0.39 is 17.1 Å². The quantitative estimate of drug-likeness (QED) is 0.750. The molecule has 7 nitrogen and oxygen atoms in total. The lowest BCUT2D eigenvalue weighted by Gasteiger charge is -2.36. The van der Waals surface area contributed by atoms with Gasteiger partial charge in [0.25, 0.3) is 5.91 Å². The fourth-order valence-corrected chi connectivity index (χ4v) is 3.76. The molecule has 0 saturated carbocycles. The number of carbonyl (C=O) groups excluding carboxylic acids is 2. The smallest absolute Gasteiger partial charge is 0.312 e. The Morgan fingerprint density at radius 2 is 2.15 bits per heavy atom. The number of aromatic nitrogens is 1. The molecule has 0 bridgehead atoms. The molecule has 0 N–H and O–H groups in total. The van der Waals surface area contributed by atoms with Crippen LogP contribution in [0.4, 0.5) is 4.39 Å². The molecule has 1 aromatic heterocycles. The van der Waals surface area contributed by atoms with Crippen LogP contribution < -0.4 is 4.74 Å². The van der Waals surface area contributed by atoms with Crippen LogP contribution in [0.15, 0.2) is 12.3 Å². The van der Waals surface area contributed by atoms with Gasteiger partial charge in [-0.2, -0.15) is 0 Å². The third-order valence-electron chi connectivity index (χ3n) is 5.17. The van der Waals surface area contributed by atoms with Crippen molar-refractivity contribution >= 4 is 11.9 Å². The number of piperidine rings is 1. The van der Waals surface area contributed by atoms with Crippen LogP contribution in [-0.2, 0) is 9.53 Å². The molecule has 2 aliphatic heterocycles. The van der Waals surface area contributed by atoms with Gasteiger partial charge in [-0.05, 0) is 26.9 Å². The second-order valence-electron chi connectivity index (χ2n) is 7.27. The van der Waals surface area contributed by atoms with Crippen molar-refractivity contribution < 1.29 is 23.5 Å². The first-order chi connectivity index (χ1) is 12.3. The van der Waals surface area contributed by atoms with Crippen LogP contribution in [0.25, 0.3) is 0 Å². The van der Waals surface area contributed by atoms with E-state index >= 15 is 0 Å². The molecular weight excluding hydrogens is 341 g/mol. The number of pyridine rings is 1. The van der Waals surface area contributed by atoms with Crippen molar-refractivity contribution in [1.29, 1.82) is 0 Å². The zero-order valence-electron chi connectivity index (χ0n) is 15.3. The van der Waals surface area contributed by atoms with Crippen molar-refractivity contribution in [2.75, 3.05) is 40.8 Å². The number of nitrogens with zero attached hydrogens (tertiary/aromatic N) is 3. The summed E-state index contributed by atoms with van der Waals surface area (Å²) in [6.07, 6.45) is 2.61. The summed E-state index contributed by atoms with van der Waals surface area (Å²) < 4.78 is 24.5. The number of halogens is 1. The summed E-state index contributed by atoms with van der Waals surface area (Å²) in [4.78, 5) is 32.4. The van der Waals surface area contributed by atoms with Crippen molar-refractivity contribution in [2.45, 2.75) is 25.4 Å². The molecule has 1 spiro atoms. The Balaban J connectivity index is 1.67. The highest BCUT2D eigenvalue weighted by atomic mass is 19.1. The third kappa shape index (κ3) is 3.51. The predicted molar refractivity (Wildman–Crippen MR) is 91.4 cm³/mol. The Morgan fingerprint density at radius 3 is 2.77 bits per heavy atom. The number of rotatable bonds is 4. The first-order valence-corrected chi connectivity index (χ1v) is 8.69. The zero-order valence-corrected chi connectivity index (χ0v) is 15.3. The molecule has 3 rings (SSSR count). The Labute approximate surface area is 152 Å². The molecule has 2 fully saturated rings. The molecule has 3 heterocycles. The van der Waals surface area contributed by atoms with Gasteiger partial charge in [-0.3, -0.25) is 9.59 Å². The lowest BCUT2D eigenvalue weighted by molar-refractivity contribution is -0.150. The van der Waals surface area contributed by atoms with E-state index in [-0.39, 0.29) is 23.5 Å². The van der Waals surface area contributed by atoms with Gasteiger partial charge in [-0.1, -0.05) is 0 Å². The van der Waals surface area contributed by atoms with Gasteiger partial charge in [0.05, 0.1) is 24.3 Å². The van der Waals surface area contributed by atoms with Gasteiger partial charge in [0, 0.05) is 32.1 Å². The summed E-state index contributed by atoms with van der Waals surface area (Å²) in [5, 5.41) is 0. The summed E-state index contributed by atoms with van der Waals surface area (Å²) in [7, 11) is 5.30. The number of amides is 1. The number of esters is 1. The first-order valence-electron chi connectivity index (χ1n) is 8.69. The van der Waals surface area contributed by atoms with Crippen LogP contribution in [-0.4, -0.2) is 73.6 Å². The number of methoxy groups -OCH3 is 1. The van der Waals surface area contributed by atoms with Gasteiger partial charge >= 0.3 is 5.97 Å². The topological polar surface area (TPSA) is 72.0 Å². The maximum absolute atomic E-state index is 14.0. The molecule has 1 aromatic rings. The largest absolute Gasteiger partial charge is 0.481 e. The summed E-state index contributed by atoms with van der Waals surface area (Å²) >= 11 is 0. The summed E-state index contributed by atoms with van der Waals surface area (Å²) in [6.45, 7) is 1.48. The van der Waals surface area contributed by atoms with Crippen molar-refractivity contribution in [3.05, 3.63) is 23.6 Å². The number of ether oxygens (including phenoxy) is 2. The second-order valence-corrected chi connectivity index (χ2v) is 7.27. The Bertz CT molecular complexity index is 702. The molecule has 2 saturated heterocycles. The van der Waals surface area contributed by atoms with E-state index in [1.54, 1.807) is 4.90 Å². The molecule has 1 unspecified atom stereocenters. The van der Waals surface area contributed by atoms with Crippen molar-refractivity contribution in [3.63, 3.8) is 0 Å². The molecule has 0 aliphatic carbocycles. The lowest BCUT2D eigenvalue weighted by atomic mass is 9.76. The number of likely N-dealkylation sites (N-methyl/N-ethyl adjacent to an activating group) is 1. The molecule has 1 atom stereocenters. The minimum absolute atomic E-state index is 0.0627. The average Bonchev–Trinajstić information content (AvgIpc) is 2.89. The highest BCUT2D eigenvalue weighted by molar-refractivity contribution is 5.95. The van der Waals surface area contributed by atoms with Crippen molar-refractivity contribution in [1.82, 2.24) is 14.8 Å². The highest BCUT2D eigenvalue weighted by Gasteiger charge is 2.50. The van der Waals surface area contributed by atoms with Gasteiger partial charge in [-0.25, -0.2) is 9.37 Å². The monoisotopic (exact) mass is 365 g/mol. The maximum Gasteiger partial charge on any atom is 0.312 e. The van der Waals surface area contributed by atoms with Crippen LogP contribution in [0.5, 0.6) is 5.88 Å². The van der Waals surface area contributed by atoms with E-state index in [9.17, 15) is 14.0 Å². The van der Waals surface area contributed by atoms with E-state index in [1.165, 1.54) is 13.2 Å². The minimum atomic E-state index is -0.678. The second kappa shape index (κ2) is 7.19. The van der Waals surface area contributed by atoms with E-state index in [4.69, 9.17) is 9.47 Å². The molecule has 8 heteroatoms. The molecule has 142 valence electrons. The lowest BCUT2D eigenvalue weighted by Crippen LogP contribution is -2.45. The molecule has 0 radical (unpaired) electrons. The molecular formula is C18H24FN3O4. The fraction of sp³-hybridized carbons (Fsp3) is 0.611. The van der Waals surface area contributed by atoms with Gasteiger partial charge in [0.1, 0.15) is 6.10 Å². The molecule has 2 aliphatic rings. The zero-order chi connectivity index (χ0) is 18.9. The number of cyclic esters (lactones) is 1. The molecule has 1 amide bonds. The maximum atomic E-state index is 14.0. The summed E-state index contributed by atoms with van der Waals surface area (Å²) in [6, 6.07) is 1.30. The van der Waals surface area contributed by atoms with E-state index in [1.807, 2.05) is 19.0 Å². The fourth-order valence-electron chi connectivity index (χ4n) is 3.76. The third-order valence-corrected chi connectivity index (χ3v) is 5.17. The Hall–Kier alpha value is -2.22. The first kappa shape index (κ1) is 18.6. The van der Waals surface area contributed by atoms with E-state index in [0.29, 0.717) is 38.9 Å². The number of hydrogen-bond donors (Lipinski definition) is 0. The van der Waals surface area contributed by atoms with Crippen LogP contribution in [0.3, 0.4) is 0 Å². The number of hydrogen-bond acceptors (Lipinski definition) is 6. The van der Waals surface area contributed by atoms with Gasteiger partial charge in [0.15, 0.2) is 5.82 Å². The van der Waals surface area contributed by atoms with E-state index in [0.717, 1.165) is 6.20 Å². The standard InChI is InChI=1S/C18H24FN3O4/c1-21(2)11-12-9-18(17(24)26-12)4-6-22(7-5-18)16(23)13-8-15(25-3)20-10-14(13)19/h8,10,12H,4-7,9,11H2,1-3H3. The van der Waals surface area contributed by atoms with Crippen LogP contribution in [0.2, 0.25) is 0 Å².